The molecule has 5 rings (SSSR count). The van der Waals surface area contributed by atoms with Crippen LogP contribution in [0.4, 0.5) is 31.5 Å². The second-order valence-electron chi connectivity index (χ2n) is 10.1. The summed E-state index contributed by atoms with van der Waals surface area (Å²) >= 11 is 0. The second kappa shape index (κ2) is 10.4. The van der Waals surface area contributed by atoms with Crippen molar-refractivity contribution in [1.29, 1.82) is 0 Å². The molecule has 13 heteroatoms. The molecule has 8 nitrogen and oxygen atoms in total. The third-order valence-electron chi connectivity index (χ3n) is 7.67. The molecule has 0 saturated carbocycles. The Balaban J connectivity index is 1.33. The number of benzene rings is 1. The monoisotopic (exact) mass is 540 g/mol. The van der Waals surface area contributed by atoms with E-state index in [0.29, 0.717) is 51.9 Å². The maximum absolute atomic E-state index is 14.6. The summed E-state index contributed by atoms with van der Waals surface area (Å²) in [7, 11) is 0. The summed E-state index contributed by atoms with van der Waals surface area (Å²) in [6, 6.07) is 2.68. The number of aromatic nitrogens is 2. The first kappa shape index (κ1) is 26.2. The van der Waals surface area contributed by atoms with E-state index in [9.17, 15) is 31.5 Å². The predicted octanol–water partition coefficient (Wildman–Crippen LogP) is 4.08. The van der Waals surface area contributed by atoms with Crippen molar-refractivity contribution in [1.82, 2.24) is 30.0 Å². The maximum atomic E-state index is 14.6. The lowest BCUT2D eigenvalue weighted by Gasteiger charge is -2.36. The van der Waals surface area contributed by atoms with E-state index in [1.165, 1.54) is 16.7 Å². The number of piperidine rings is 1. The number of nitrogens with zero attached hydrogens (tertiary/aromatic N) is 4. The summed E-state index contributed by atoms with van der Waals surface area (Å²) in [6.07, 6.45) is -2.73. The Hall–Kier alpha value is -3.38. The van der Waals surface area contributed by atoms with Gasteiger partial charge in [-0.25, -0.2) is 23.4 Å². The van der Waals surface area contributed by atoms with Crippen LogP contribution in [0.1, 0.15) is 54.7 Å². The number of carbonyl (C=O) groups excluding carboxylic acids is 2. The van der Waals surface area contributed by atoms with Crippen molar-refractivity contribution >= 4 is 12.1 Å². The van der Waals surface area contributed by atoms with Gasteiger partial charge in [-0.3, -0.25) is 0 Å². The molecule has 0 aliphatic carbocycles. The lowest BCUT2D eigenvalue weighted by Crippen LogP contribution is -2.50. The summed E-state index contributed by atoms with van der Waals surface area (Å²) in [4.78, 5) is 32.8. The number of imidazole rings is 1. The van der Waals surface area contributed by atoms with Crippen LogP contribution < -0.4 is 10.6 Å². The van der Waals surface area contributed by atoms with Crippen LogP contribution in [-0.4, -0.2) is 69.8 Å². The molecular weight excluding hydrogens is 511 g/mol. The van der Waals surface area contributed by atoms with Crippen molar-refractivity contribution in [3.63, 3.8) is 0 Å². The molecular formula is C25H29F5N6O2. The van der Waals surface area contributed by atoms with Crippen molar-refractivity contribution in [3.8, 4) is 0 Å². The summed E-state index contributed by atoms with van der Waals surface area (Å²) in [5.41, 5.74) is -0.0113. The third kappa shape index (κ3) is 5.41. The van der Waals surface area contributed by atoms with E-state index in [-0.39, 0.29) is 41.7 Å². The Morgan fingerprint density at radius 3 is 2.55 bits per heavy atom. The molecule has 2 saturated heterocycles. The average molecular weight is 541 g/mol. The molecule has 1 aromatic heterocycles. The molecule has 2 N–H and O–H groups in total. The van der Waals surface area contributed by atoms with Crippen molar-refractivity contribution in [2.75, 3.05) is 26.2 Å². The number of halogens is 5. The van der Waals surface area contributed by atoms with Gasteiger partial charge in [-0.2, -0.15) is 13.2 Å². The number of urea groups is 2. The van der Waals surface area contributed by atoms with Crippen LogP contribution in [0.25, 0.3) is 0 Å². The zero-order valence-corrected chi connectivity index (χ0v) is 20.6. The summed E-state index contributed by atoms with van der Waals surface area (Å²) in [5, 5.41) is 5.69. The molecule has 2 atom stereocenters. The number of hydrogen-bond acceptors (Lipinski definition) is 3. The number of carbonyl (C=O) groups is 2. The van der Waals surface area contributed by atoms with E-state index in [2.05, 4.69) is 15.6 Å². The smallest absolute Gasteiger partial charge is 0.336 e. The molecule has 0 unspecified atom stereocenters. The fourth-order valence-corrected chi connectivity index (χ4v) is 5.75. The van der Waals surface area contributed by atoms with Crippen molar-refractivity contribution < 1.29 is 31.5 Å². The third-order valence-corrected chi connectivity index (χ3v) is 7.67. The fraction of sp³-hybridized carbons (Fsp3) is 0.560. The normalized spacial score (nSPS) is 22.7. The number of hydrogen-bond donors (Lipinski definition) is 2. The van der Waals surface area contributed by atoms with E-state index >= 15 is 0 Å². The van der Waals surface area contributed by atoms with Gasteiger partial charge in [0.15, 0.2) is 11.6 Å². The van der Waals surface area contributed by atoms with Crippen LogP contribution in [-0.2, 0) is 13.0 Å². The predicted molar refractivity (Wildman–Crippen MR) is 126 cm³/mol. The van der Waals surface area contributed by atoms with Crippen molar-refractivity contribution in [3.05, 3.63) is 53.1 Å². The molecule has 0 bridgehead atoms. The standard InChI is InChI=1S/C25H29F5N6O2/c26-19-3-1-2-18(21(19)27)15-4-5-20(22-32-13-17(36(22)14-15)12-25(28,29)30)33-24(38)34-9-6-16(7-10-34)35-11-8-31-23(35)37/h1-3,13,15-16,20H,4-12,14H2,(H,31,37)(H,33,38)/t15-,20-/m1/s1. The average Bonchev–Trinajstić information content (AvgIpc) is 3.42. The molecule has 38 heavy (non-hydrogen) atoms. The summed E-state index contributed by atoms with van der Waals surface area (Å²) in [6.45, 7) is 2.07. The molecule has 4 amide bonds. The van der Waals surface area contributed by atoms with E-state index in [0.717, 1.165) is 12.3 Å². The maximum Gasteiger partial charge on any atom is 0.394 e. The molecule has 4 heterocycles. The number of alkyl halides is 3. The van der Waals surface area contributed by atoms with E-state index < -0.39 is 36.2 Å². The molecule has 0 radical (unpaired) electrons. The second-order valence-corrected chi connectivity index (χ2v) is 10.1. The molecule has 3 aliphatic heterocycles. The topological polar surface area (TPSA) is 82.5 Å². The highest BCUT2D eigenvalue weighted by Crippen LogP contribution is 2.36. The number of amides is 4. The molecule has 0 spiro atoms. The van der Waals surface area contributed by atoms with E-state index in [1.54, 1.807) is 9.80 Å². The highest BCUT2D eigenvalue weighted by atomic mass is 19.4. The largest absolute Gasteiger partial charge is 0.394 e. The summed E-state index contributed by atoms with van der Waals surface area (Å²) < 4.78 is 69.8. The Bertz CT molecular complexity index is 1190. The summed E-state index contributed by atoms with van der Waals surface area (Å²) in [5.74, 6) is -2.38. The first-order valence-electron chi connectivity index (χ1n) is 12.8. The molecule has 2 aromatic rings. The van der Waals surface area contributed by atoms with Crippen LogP contribution >= 0.6 is 0 Å². The minimum absolute atomic E-state index is 0.0171. The lowest BCUT2D eigenvalue weighted by atomic mass is 9.92. The molecule has 3 aliphatic rings. The highest BCUT2D eigenvalue weighted by Gasteiger charge is 2.36. The molecule has 2 fully saturated rings. The zero-order chi connectivity index (χ0) is 27.0. The zero-order valence-electron chi connectivity index (χ0n) is 20.6. The number of likely N-dealkylation sites (tertiary alicyclic amines) is 1. The Morgan fingerprint density at radius 1 is 1.11 bits per heavy atom. The van der Waals surface area contributed by atoms with Gasteiger partial charge in [0, 0.05) is 56.6 Å². The Labute approximate surface area is 216 Å². The molecule has 206 valence electrons. The first-order valence-corrected chi connectivity index (χ1v) is 12.8. The van der Waals surface area contributed by atoms with Gasteiger partial charge in [0.05, 0.1) is 12.5 Å². The van der Waals surface area contributed by atoms with Crippen LogP contribution in [0.15, 0.2) is 24.4 Å². The van der Waals surface area contributed by atoms with Gasteiger partial charge in [-0.05, 0) is 37.3 Å². The van der Waals surface area contributed by atoms with Crippen molar-refractivity contribution in [2.24, 2.45) is 0 Å². The minimum atomic E-state index is -4.49. The van der Waals surface area contributed by atoms with Gasteiger partial charge in [0.2, 0.25) is 0 Å². The quantitative estimate of drug-likeness (QED) is 0.574. The SMILES string of the molecule is O=C(N[C@@H]1CC[C@@H](c2cccc(F)c2F)Cn2c(CC(F)(F)F)cnc21)N1CCC(N2CCNC2=O)CC1. The highest BCUT2D eigenvalue weighted by molar-refractivity contribution is 5.77. The van der Waals surface area contributed by atoms with Gasteiger partial charge < -0.3 is 25.0 Å². The van der Waals surface area contributed by atoms with Gasteiger partial charge in [-0.1, -0.05) is 12.1 Å². The number of nitrogens with one attached hydrogen (secondary N) is 2. The lowest BCUT2D eigenvalue weighted by molar-refractivity contribution is -0.128. The number of fused-ring (bicyclic) bond motifs is 1. The van der Waals surface area contributed by atoms with E-state index in [4.69, 9.17) is 0 Å². The Morgan fingerprint density at radius 2 is 1.87 bits per heavy atom. The van der Waals surface area contributed by atoms with Crippen molar-refractivity contribution in [2.45, 2.75) is 62.8 Å². The minimum Gasteiger partial charge on any atom is -0.336 e. The Kier molecular flexibility index (Phi) is 7.19. The van der Waals surface area contributed by atoms with Gasteiger partial charge in [0.1, 0.15) is 5.82 Å². The van der Waals surface area contributed by atoms with Gasteiger partial charge in [-0.15, -0.1) is 0 Å². The van der Waals surface area contributed by atoms with Crippen LogP contribution in [0, 0.1) is 11.6 Å². The van der Waals surface area contributed by atoms with Crippen LogP contribution in [0.2, 0.25) is 0 Å². The fourth-order valence-electron chi connectivity index (χ4n) is 5.75. The first-order chi connectivity index (χ1) is 18.1. The van der Waals surface area contributed by atoms with Crippen LogP contribution in [0.3, 0.4) is 0 Å². The van der Waals surface area contributed by atoms with Crippen LogP contribution in [0.5, 0.6) is 0 Å². The number of rotatable bonds is 4. The van der Waals surface area contributed by atoms with E-state index in [1.807, 2.05) is 0 Å². The van der Waals surface area contributed by atoms with Gasteiger partial charge in [0.25, 0.3) is 0 Å². The van der Waals surface area contributed by atoms with Gasteiger partial charge >= 0.3 is 18.2 Å². The molecule has 1 aromatic carbocycles.